The van der Waals surface area contributed by atoms with Gasteiger partial charge in [0.25, 0.3) is 0 Å². The Balaban J connectivity index is 1.20. The van der Waals surface area contributed by atoms with E-state index in [2.05, 4.69) is 180 Å². The zero-order chi connectivity index (χ0) is 37.0. The van der Waals surface area contributed by atoms with Gasteiger partial charge >= 0.3 is 0 Å². The fourth-order valence-electron chi connectivity index (χ4n) is 8.02. The van der Waals surface area contributed by atoms with Crippen LogP contribution in [0.4, 0.5) is 0 Å². The highest BCUT2D eigenvalue weighted by Crippen LogP contribution is 2.42. The Hall–Kier alpha value is -7.63. The van der Waals surface area contributed by atoms with Gasteiger partial charge in [0.1, 0.15) is 11.1 Å². The zero-order valence-electron chi connectivity index (χ0n) is 30.2. The molecule has 0 saturated carbocycles. The minimum Gasteiger partial charge on any atom is -0.453 e. The first-order valence-electron chi connectivity index (χ1n) is 18.8. The molecule has 56 heavy (non-hydrogen) atoms. The first kappa shape index (κ1) is 31.9. The van der Waals surface area contributed by atoms with Crippen LogP contribution in [0.5, 0.6) is 0 Å². The Kier molecular flexibility index (Phi) is 7.42. The minimum atomic E-state index is 0.516. The molecule has 3 aromatic heterocycles. The summed E-state index contributed by atoms with van der Waals surface area (Å²) in [6.45, 7) is 0. The third-order valence-corrected chi connectivity index (χ3v) is 10.7. The van der Waals surface area contributed by atoms with Crippen LogP contribution in [-0.4, -0.2) is 19.5 Å². The molecule has 0 aliphatic carbocycles. The third kappa shape index (κ3) is 5.29. The van der Waals surface area contributed by atoms with Gasteiger partial charge in [-0.1, -0.05) is 170 Å². The topological polar surface area (TPSA) is 56.7 Å². The highest BCUT2D eigenvalue weighted by molar-refractivity contribution is 6.22. The highest BCUT2D eigenvalue weighted by Gasteiger charge is 2.23. The van der Waals surface area contributed by atoms with E-state index in [0.717, 1.165) is 88.3 Å². The van der Waals surface area contributed by atoms with E-state index in [4.69, 9.17) is 19.4 Å². The number of nitrogens with zero attached hydrogens (tertiary/aromatic N) is 4. The molecule has 8 aromatic carbocycles. The van der Waals surface area contributed by atoms with Crippen LogP contribution in [0.1, 0.15) is 0 Å². The standard InChI is InChI=1S/C51H32N4O/c1-4-15-33(16-5-1)36-21-12-23-38(31-36)49-52-50(39-24-13-22-37(32-39)34-17-6-2-7-18-34)54-51(53-49)55-45-28-11-10-25-41(45)42-29-30-44-43-27-14-26-40(35-19-8-3-9-20-35)47(43)56-48(44)46(42)55/h1-32H. The van der Waals surface area contributed by atoms with Crippen molar-refractivity contribution in [2.24, 2.45) is 0 Å². The molecule has 0 N–H and O–H groups in total. The summed E-state index contributed by atoms with van der Waals surface area (Å²) in [5, 5.41) is 4.25. The second-order valence-corrected chi connectivity index (χ2v) is 14.0. The van der Waals surface area contributed by atoms with E-state index in [1.165, 1.54) is 0 Å². The second-order valence-electron chi connectivity index (χ2n) is 14.0. The second kappa shape index (κ2) is 13.0. The number of hydrogen-bond donors (Lipinski definition) is 0. The lowest BCUT2D eigenvalue weighted by Gasteiger charge is -2.12. The van der Waals surface area contributed by atoms with Crippen molar-refractivity contribution in [2.45, 2.75) is 0 Å². The summed E-state index contributed by atoms with van der Waals surface area (Å²) in [6, 6.07) is 67.3. The Morgan fingerprint density at radius 2 is 0.821 bits per heavy atom. The predicted octanol–water partition coefficient (Wildman–Crippen LogP) is 13.2. The minimum absolute atomic E-state index is 0.516. The third-order valence-electron chi connectivity index (χ3n) is 10.7. The fraction of sp³-hybridized carbons (Fsp3) is 0. The molecule has 0 aliphatic rings. The van der Waals surface area contributed by atoms with Crippen molar-refractivity contribution in [1.82, 2.24) is 19.5 Å². The number of fused-ring (bicyclic) bond motifs is 7. The van der Waals surface area contributed by atoms with Crippen molar-refractivity contribution in [1.29, 1.82) is 0 Å². The Labute approximate surface area is 322 Å². The molecule has 11 rings (SSSR count). The number of benzene rings is 8. The molecule has 5 nitrogen and oxygen atoms in total. The smallest absolute Gasteiger partial charge is 0.238 e. The summed E-state index contributed by atoms with van der Waals surface area (Å²) in [6.07, 6.45) is 0. The summed E-state index contributed by atoms with van der Waals surface area (Å²) in [5.41, 5.74) is 11.9. The van der Waals surface area contributed by atoms with Crippen LogP contribution in [-0.2, 0) is 0 Å². The van der Waals surface area contributed by atoms with Crippen molar-refractivity contribution in [2.75, 3.05) is 0 Å². The molecular weight excluding hydrogens is 685 g/mol. The maximum atomic E-state index is 7.01. The monoisotopic (exact) mass is 716 g/mol. The number of aromatic nitrogens is 4. The molecule has 0 unspecified atom stereocenters. The average Bonchev–Trinajstić information content (AvgIpc) is 3.84. The SMILES string of the molecule is c1ccc(-c2cccc(-c3nc(-c4cccc(-c5ccccc5)c4)nc(-n4c5ccccc5c5ccc6c7cccc(-c8ccccc8)c7oc6c54)n3)c2)cc1. The van der Waals surface area contributed by atoms with E-state index in [-0.39, 0.29) is 0 Å². The van der Waals surface area contributed by atoms with Gasteiger partial charge in [0, 0.05) is 38.2 Å². The molecule has 0 atom stereocenters. The first-order valence-corrected chi connectivity index (χ1v) is 18.8. The molecular formula is C51H32N4O. The Morgan fingerprint density at radius 3 is 1.46 bits per heavy atom. The van der Waals surface area contributed by atoms with Crippen molar-refractivity contribution in [3.05, 3.63) is 194 Å². The fourth-order valence-corrected chi connectivity index (χ4v) is 8.02. The van der Waals surface area contributed by atoms with Gasteiger partial charge < -0.3 is 4.42 Å². The summed E-state index contributed by atoms with van der Waals surface area (Å²) in [7, 11) is 0. The molecule has 262 valence electrons. The van der Waals surface area contributed by atoms with E-state index in [1.54, 1.807) is 0 Å². The zero-order valence-corrected chi connectivity index (χ0v) is 30.2. The van der Waals surface area contributed by atoms with E-state index < -0.39 is 0 Å². The van der Waals surface area contributed by atoms with Crippen LogP contribution in [0.3, 0.4) is 0 Å². The van der Waals surface area contributed by atoms with Crippen LogP contribution < -0.4 is 0 Å². The summed E-state index contributed by atoms with van der Waals surface area (Å²) in [4.78, 5) is 15.8. The lowest BCUT2D eigenvalue weighted by Crippen LogP contribution is -2.06. The lowest BCUT2D eigenvalue weighted by molar-refractivity contribution is 0.672. The quantitative estimate of drug-likeness (QED) is 0.172. The Bertz CT molecular complexity index is 3140. The van der Waals surface area contributed by atoms with Gasteiger partial charge in [-0.3, -0.25) is 4.57 Å². The normalized spacial score (nSPS) is 11.6. The maximum Gasteiger partial charge on any atom is 0.238 e. The first-order chi connectivity index (χ1) is 27.8. The van der Waals surface area contributed by atoms with Crippen LogP contribution in [0.25, 0.3) is 106 Å². The van der Waals surface area contributed by atoms with Crippen LogP contribution in [0, 0.1) is 0 Å². The van der Waals surface area contributed by atoms with Gasteiger partial charge in [0.15, 0.2) is 17.2 Å². The predicted molar refractivity (Wildman–Crippen MR) is 229 cm³/mol. The molecule has 0 amide bonds. The molecule has 0 fully saturated rings. The maximum absolute atomic E-state index is 7.01. The largest absolute Gasteiger partial charge is 0.453 e. The molecule has 0 spiro atoms. The van der Waals surface area contributed by atoms with E-state index in [0.29, 0.717) is 17.6 Å². The van der Waals surface area contributed by atoms with Gasteiger partial charge in [-0.2, -0.15) is 9.97 Å². The van der Waals surface area contributed by atoms with E-state index >= 15 is 0 Å². The lowest BCUT2D eigenvalue weighted by atomic mass is 10.0. The number of hydrogen-bond acceptors (Lipinski definition) is 4. The van der Waals surface area contributed by atoms with Gasteiger partial charge in [0.2, 0.25) is 5.95 Å². The molecule has 0 bridgehead atoms. The molecule has 0 aliphatic heterocycles. The summed E-state index contributed by atoms with van der Waals surface area (Å²) >= 11 is 0. The Morgan fingerprint density at radius 1 is 0.339 bits per heavy atom. The molecule has 3 heterocycles. The molecule has 0 radical (unpaired) electrons. The highest BCUT2D eigenvalue weighted by atomic mass is 16.3. The average molecular weight is 717 g/mol. The van der Waals surface area contributed by atoms with Crippen LogP contribution >= 0.6 is 0 Å². The number of furan rings is 1. The summed E-state index contributed by atoms with van der Waals surface area (Å²) < 4.78 is 9.17. The van der Waals surface area contributed by atoms with E-state index in [1.807, 2.05) is 18.2 Å². The summed E-state index contributed by atoms with van der Waals surface area (Å²) in [5.74, 6) is 1.69. The van der Waals surface area contributed by atoms with Crippen LogP contribution in [0.2, 0.25) is 0 Å². The molecule has 5 heteroatoms. The van der Waals surface area contributed by atoms with Gasteiger partial charge in [0.05, 0.1) is 5.52 Å². The van der Waals surface area contributed by atoms with E-state index in [9.17, 15) is 0 Å². The van der Waals surface area contributed by atoms with Crippen LogP contribution in [0.15, 0.2) is 199 Å². The van der Waals surface area contributed by atoms with Gasteiger partial charge in [-0.25, -0.2) is 4.98 Å². The van der Waals surface area contributed by atoms with Gasteiger partial charge in [-0.15, -0.1) is 0 Å². The van der Waals surface area contributed by atoms with Gasteiger partial charge in [-0.05, 0) is 52.1 Å². The van der Waals surface area contributed by atoms with Crippen molar-refractivity contribution >= 4 is 43.7 Å². The van der Waals surface area contributed by atoms with Crippen molar-refractivity contribution in [3.8, 4) is 62.1 Å². The number of para-hydroxylation sites is 2. The van der Waals surface area contributed by atoms with Crippen molar-refractivity contribution < 1.29 is 4.42 Å². The molecule has 11 aromatic rings. The van der Waals surface area contributed by atoms with Crippen molar-refractivity contribution in [3.63, 3.8) is 0 Å². The number of rotatable bonds is 6. The molecule has 0 saturated heterocycles.